The van der Waals surface area contributed by atoms with Crippen LogP contribution in [0.25, 0.3) is 0 Å². The van der Waals surface area contributed by atoms with Crippen molar-refractivity contribution < 1.29 is 14.3 Å². The Morgan fingerprint density at radius 1 is 1.19 bits per heavy atom. The first kappa shape index (κ1) is 14.9. The predicted octanol–water partition coefficient (Wildman–Crippen LogP) is 1.98. The van der Waals surface area contributed by atoms with Crippen LogP contribution in [-0.2, 0) is 0 Å². The number of ether oxygens (including phenoxy) is 2. The molecule has 2 rings (SSSR count). The quantitative estimate of drug-likeness (QED) is 0.896. The summed E-state index contributed by atoms with van der Waals surface area (Å²) in [5, 5.41) is 10.3. The number of hydrogen-bond acceptors (Lipinski definition) is 6. The molecule has 8 heteroatoms. The number of halogens is 1. The largest absolute Gasteiger partial charge is 0.495 e. The molecule has 0 fully saturated rings. The molecular formula is C13H13ClN4O3. The number of rotatable bonds is 4. The molecule has 0 saturated heterocycles. The Balaban J connectivity index is 2.28. The molecule has 7 nitrogen and oxygen atoms in total. The third kappa shape index (κ3) is 3.32. The van der Waals surface area contributed by atoms with Crippen molar-refractivity contribution in [3.05, 3.63) is 35.0 Å². The average molecular weight is 309 g/mol. The molecule has 1 aromatic heterocycles. The number of carbonyl (C=O) groups excluding carboxylic acids is 1. The van der Waals surface area contributed by atoms with E-state index in [0.29, 0.717) is 22.2 Å². The highest BCUT2D eigenvalue weighted by molar-refractivity contribution is 6.32. The molecule has 0 aliphatic rings. The van der Waals surface area contributed by atoms with Crippen molar-refractivity contribution in [1.82, 2.24) is 10.2 Å². The molecule has 1 aromatic carbocycles. The number of benzene rings is 1. The molecule has 0 aliphatic heterocycles. The minimum Gasteiger partial charge on any atom is -0.495 e. The van der Waals surface area contributed by atoms with E-state index in [4.69, 9.17) is 26.8 Å². The topological polar surface area (TPSA) is 99.4 Å². The van der Waals surface area contributed by atoms with Gasteiger partial charge >= 0.3 is 0 Å². The molecule has 2 aromatic rings. The fourth-order valence-electron chi connectivity index (χ4n) is 1.61. The molecule has 1 heterocycles. The van der Waals surface area contributed by atoms with Crippen molar-refractivity contribution >= 4 is 29.0 Å². The van der Waals surface area contributed by atoms with E-state index in [1.165, 1.54) is 32.4 Å². The lowest BCUT2D eigenvalue weighted by atomic mass is 10.2. The monoisotopic (exact) mass is 308 g/mol. The van der Waals surface area contributed by atoms with Gasteiger partial charge in [-0.3, -0.25) is 4.79 Å². The van der Waals surface area contributed by atoms with E-state index in [2.05, 4.69) is 15.5 Å². The van der Waals surface area contributed by atoms with Gasteiger partial charge in [-0.15, -0.1) is 10.2 Å². The van der Waals surface area contributed by atoms with Gasteiger partial charge < -0.3 is 20.5 Å². The maximum Gasteiger partial charge on any atom is 0.276 e. The van der Waals surface area contributed by atoms with Crippen LogP contribution in [0.2, 0.25) is 5.02 Å². The van der Waals surface area contributed by atoms with Crippen molar-refractivity contribution in [2.45, 2.75) is 0 Å². The molecule has 1 amide bonds. The number of aromatic nitrogens is 2. The normalized spacial score (nSPS) is 10.0. The van der Waals surface area contributed by atoms with Crippen LogP contribution in [0.1, 0.15) is 10.5 Å². The first-order chi connectivity index (χ1) is 10.0. The second-order valence-corrected chi connectivity index (χ2v) is 4.39. The van der Waals surface area contributed by atoms with E-state index in [-0.39, 0.29) is 11.5 Å². The van der Waals surface area contributed by atoms with Gasteiger partial charge in [-0.05, 0) is 18.2 Å². The fraction of sp³-hybridized carbons (Fsp3) is 0.154. The Kier molecular flexibility index (Phi) is 4.44. The van der Waals surface area contributed by atoms with Crippen molar-refractivity contribution in [3.8, 4) is 11.5 Å². The number of methoxy groups -OCH3 is 2. The molecule has 0 atom stereocenters. The summed E-state index contributed by atoms with van der Waals surface area (Å²) >= 11 is 6.03. The van der Waals surface area contributed by atoms with E-state index in [1.54, 1.807) is 6.07 Å². The number of nitrogens with one attached hydrogen (secondary N) is 1. The van der Waals surface area contributed by atoms with Gasteiger partial charge in [0.1, 0.15) is 17.3 Å². The van der Waals surface area contributed by atoms with Gasteiger partial charge in [0.05, 0.1) is 24.9 Å². The SMILES string of the molecule is COc1cc(OC)c(NC(=O)c2ccc(N)nn2)cc1Cl. The van der Waals surface area contributed by atoms with Gasteiger partial charge in [0.2, 0.25) is 0 Å². The van der Waals surface area contributed by atoms with Gasteiger partial charge in [-0.25, -0.2) is 0 Å². The third-order valence-electron chi connectivity index (χ3n) is 2.64. The summed E-state index contributed by atoms with van der Waals surface area (Å²) in [6.45, 7) is 0. The maximum atomic E-state index is 12.1. The summed E-state index contributed by atoms with van der Waals surface area (Å²) in [4.78, 5) is 12.1. The zero-order chi connectivity index (χ0) is 15.4. The lowest BCUT2D eigenvalue weighted by molar-refractivity contribution is 0.102. The Hall–Kier alpha value is -2.54. The van der Waals surface area contributed by atoms with E-state index in [9.17, 15) is 4.79 Å². The molecule has 3 N–H and O–H groups in total. The lowest BCUT2D eigenvalue weighted by Gasteiger charge is -2.12. The molecule has 0 radical (unpaired) electrons. The average Bonchev–Trinajstić information content (AvgIpc) is 2.48. The zero-order valence-electron chi connectivity index (χ0n) is 11.4. The number of carbonyl (C=O) groups is 1. The molecule has 110 valence electrons. The Labute approximate surface area is 126 Å². The summed E-state index contributed by atoms with van der Waals surface area (Å²) in [5.41, 5.74) is 5.94. The number of nitrogen functional groups attached to an aromatic ring is 1. The van der Waals surface area contributed by atoms with Gasteiger partial charge in [0, 0.05) is 6.07 Å². The molecule has 0 saturated carbocycles. The van der Waals surface area contributed by atoms with Crippen LogP contribution in [0.15, 0.2) is 24.3 Å². The van der Waals surface area contributed by atoms with Gasteiger partial charge in [0.25, 0.3) is 5.91 Å². The Morgan fingerprint density at radius 3 is 2.48 bits per heavy atom. The standard InChI is InChI=1S/C13H13ClN4O3/c1-20-10-6-11(21-2)9(5-7(10)14)16-13(19)8-3-4-12(15)18-17-8/h3-6H,1-2H3,(H2,15,18)(H,16,19). The van der Waals surface area contributed by atoms with Gasteiger partial charge in [-0.2, -0.15) is 0 Å². The minimum atomic E-state index is -0.456. The van der Waals surface area contributed by atoms with Gasteiger partial charge in [-0.1, -0.05) is 11.6 Å². The maximum absolute atomic E-state index is 12.1. The van der Waals surface area contributed by atoms with Crippen LogP contribution in [0.5, 0.6) is 11.5 Å². The van der Waals surface area contributed by atoms with Crippen molar-refractivity contribution in [1.29, 1.82) is 0 Å². The Bertz CT molecular complexity index is 661. The molecule has 0 bridgehead atoms. The highest BCUT2D eigenvalue weighted by atomic mass is 35.5. The number of hydrogen-bond donors (Lipinski definition) is 2. The molecule has 0 spiro atoms. The summed E-state index contributed by atoms with van der Waals surface area (Å²) in [6, 6.07) is 6.06. The molecule has 0 unspecified atom stereocenters. The van der Waals surface area contributed by atoms with Crippen LogP contribution in [0.4, 0.5) is 11.5 Å². The Morgan fingerprint density at radius 2 is 1.90 bits per heavy atom. The number of nitrogens with zero attached hydrogens (tertiary/aromatic N) is 2. The number of nitrogens with two attached hydrogens (primary N) is 1. The molecular weight excluding hydrogens is 296 g/mol. The number of anilines is 2. The summed E-state index contributed by atoms with van der Waals surface area (Å²) < 4.78 is 10.3. The molecule has 0 aliphatic carbocycles. The van der Waals surface area contributed by atoms with E-state index < -0.39 is 5.91 Å². The highest BCUT2D eigenvalue weighted by Gasteiger charge is 2.14. The first-order valence-electron chi connectivity index (χ1n) is 5.87. The third-order valence-corrected chi connectivity index (χ3v) is 2.94. The van der Waals surface area contributed by atoms with Crippen molar-refractivity contribution in [3.63, 3.8) is 0 Å². The van der Waals surface area contributed by atoms with Crippen LogP contribution in [0.3, 0.4) is 0 Å². The smallest absolute Gasteiger partial charge is 0.276 e. The van der Waals surface area contributed by atoms with Crippen LogP contribution < -0.4 is 20.5 Å². The summed E-state index contributed by atoms with van der Waals surface area (Å²) in [5.74, 6) is 0.630. The summed E-state index contributed by atoms with van der Waals surface area (Å²) in [7, 11) is 2.96. The van der Waals surface area contributed by atoms with Gasteiger partial charge in [0.15, 0.2) is 5.69 Å². The fourth-order valence-corrected chi connectivity index (χ4v) is 1.85. The lowest BCUT2D eigenvalue weighted by Crippen LogP contribution is -2.15. The van der Waals surface area contributed by atoms with E-state index >= 15 is 0 Å². The second-order valence-electron chi connectivity index (χ2n) is 3.98. The van der Waals surface area contributed by atoms with Crippen LogP contribution in [0, 0.1) is 0 Å². The van der Waals surface area contributed by atoms with Crippen LogP contribution >= 0.6 is 11.6 Å². The predicted molar refractivity (Wildman–Crippen MR) is 79.0 cm³/mol. The second kappa shape index (κ2) is 6.27. The minimum absolute atomic E-state index is 0.123. The number of amides is 1. The zero-order valence-corrected chi connectivity index (χ0v) is 12.1. The molecule has 21 heavy (non-hydrogen) atoms. The van der Waals surface area contributed by atoms with Crippen molar-refractivity contribution in [2.24, 2.45) is 0 Å². The summed E-state index contributed by atoms with van der Waals surface area (Å²) in [6.07, 6.45) is 0. The van der Waals surface area contributed by atoms with E-state index in [1.807, 2.05) is 0 Å². The van der Waals surface area contributed by atoms with E-state index in [0.717, 1.165) is 0 Å². The van der Waals surface area contributed by atoms with Crippen molar-refractivity contribution in [2.75, 3.05) is 25.3 Å². The highest BCUT2D eigenvalue weighted by Crippen LogP contribution is 2.35. The first-order valence-corrected chi connectivity index (χ1v) is 6.25. The van der Waals surface area contributed by atoms with Crippen LogP contribution in [-0.4, -0.2) is 30.3 Å².